The number of nitrogens with one attached hydrogen (secondary N) is 2. The molecule has 0 bridgehead atoms. The zero-order chi connectivity index (χ0) is 20.1. The minimum atomic E-state index is -0.213. The van der Waals surface area contributed by atoms with Crippen molar-refractivity contribution in [3.05, 3.63) is 60.0 Å². The molecule has 7 heteroatoms. The van der Waals surface area contributed by atoms with Gasteiger partial charge in [0.15, 0.2) is 0 Å². The SMILES string of the molecule is COc1ccccc1-c1nc(CC(=O)Nc2ccc(NC(C)=O)cc2)c(C)o1. The van der Waals surface area contributed by atoms with Gasteiger partial charge in [-0.15, -0.1) is 0 Å². The summed E-state index contributed by atoms with van der Waals surface area (Å²) in [6.07, 6.45) is 0.0813. The zero-order valence-corrected chi connectivity index (χ0v) is 15.9. The number of oxazole rings is 1. The van der Waals surface area contributed by atoms with Gasteiger partial charge in [0, 0.05) is 18.3 Å². The van der Waals surface area contributed by atoms with Crippen molar-refractivity contribution in [1.82, 2.24) is 4.98 Å². The first kappa shape index (κ1) is 19.2. The number of hydrogen-bond acceptors (Lipinski definition) is 5. The van der Waals surface area contributed by atoms with Gasteiger partial charge in [0.25, 0.3) is 0 Å². The number of anilines is 2. The van der Waals surface area contributed by atoms with Crippen molar-refractivity contribution >= 4 is 23.2 Å². The van der Waals surface area contributed by atoms with Gasteiger partial charge < -0.3 is 19.8 Å². The molecule has 1 aromatic heterocycles. The van der Waals surface area contributed by atoms with Crippen molar-refractivity contribution < 1.29 is 18.7 Å². The van der Waals surface area contributed by atoms with Gasteiger partial charge in [0.1, 0.15) is 11.5 Å². The Hall–Kier alpha value is -3.61. The third-order valence-corrected chi connectivity index (χ3v) is 4.05. The molecule has 144 valence electrons. The highest BCUT2D eigenvalue weighted by Crippen LogP contribution is 2.30. The third-order valence-electron chi connectivity index (χ3n) is 4.05. The van der Waals surface area contributed by atoms with Gasteiger partial charge in [-0.3, -0.25) is 9.59 Å². The average Bonchev–Trinajstić information content (AvgIpc) is 3.03. The van der Waals surface area contributed by atoms with Crippen molar-refractivity contribution in [2.24, 2.45) is 0 Å². The van der Waals surface area contributed by atoms with Crippen LogP contribution in [0.3, 0.4) is 0 Å². The Morgan fingerprint density at radius 3 is 2.32 bits per heavy atom. The molecule has 3 rings (SSSR count). The normalized spacial score (nSPS) is 10.4. The van der Waals surface area contributed by atoms with Gasteiger partial charge in [-0.05, 0) is 43.3 Å². The number of aromatic nitrogens is 1. The minimum absolute atomic E-state index is 0.0813. The standard InChI is InChI=1S/C21H21N3O4/c1-13-18(24-21(28-13)17-6-4-5-7-19(17)27-3)12-20(26)23-16-10-8-15(9-11-16)22-14(2)25/h4-11H,12H2,1-3H3,(H,22,25)(H,23,26). The van der Waals surface area contributed by atoms with Crippen molar-refractivity contribution in [2.75, 3.05) is 17.7 Å². The van der Waals surface area contributed by atoms with Crippen molar-refractivity contribution in [2.45, 2.75) is 20.3 Å². The summed E-state index contributed by atoms with van der Waals surface area (Å²) in [7, 11) is 1.58. The summed E-state index contributed by atoms with van der Waals surface area (Å²) in [5, 5.41) is 5.49. The Morgan fingerprint density at radius 2 is 1.68 bits per heavy atom. The first-order valence-electron chi connectivity index (χ1n) is 8.73. The lowest BCUT2D eigenvalue weighted by Gasteiger charge is -2.06. The van der Waals surface area contributed by atoms with Crippen LogP contribution in [0.1, 0.15) is 18.4 Å². The van der Waals surface area contributed by atoms with E-state index in [4.69, 9.17) is 9.15 Å². The van der Waals surface area contributed by atoms with Crippen LogP contribution < -0.4 is 15.4 Å². The molecule has 0 spiro atoms. The molecule has 0 fully saturated rings. The molecule has 2 N–H and O–H groups in total. The predicted molar refractivity (Wildman–Crippen MR) is 106 cm³/mol. The number of benzene rings is 2. The van der Waals surface area contributed by atoms with Gasteiger partial charge in [-0.25, -0.2) is 4.98 Å². The third kappa shape index (κ3) is 4.56. The molecular formula is C21H21N3O4. The lowest BCUT2D eigenvalue weighted by atomic mass is 10.2. The molecule has 2 amide bonds. The van der Waals surface area contributed by atoms with Crippen molar-refractivity contribution in [3.63, 3.8) is 0 Å². The number of aryl methyl sites for hydroxylation is 1. The first-order chi connectivity index (χ1) is 13.5. The lowest BCUT2D eigenvalue weighted by Crippen LogP contribution is -2.15. The summed E-state index contributed by atoms with van der Waals surface area (Å²) < 4.78 is 11.1. The molecule has 1 heterocycles. The Morgan fingerprint density at radius 1 is 1.04 bits per heavy atom. The second-order valence-electron chi connectivity index (χ2n) is 6.21. The van der Waals surface area contributed by atoms with Gasteiger partial charge in [0.05, 0.1) is 24.8 Å². The van der Waals surface area contributed by atoms with E-state index in [1.807, 2.05) is 24.3 Å². The van der Waals surface area contributed by atoms with E-state index in [2.05, 4.69) is 15.6 Å². The molecule has 0 saturated carbocycles. The molecule has 0 aliphatic carbocycles. The molecule has 0 unspecified atom stereocenters. The maximum absolute atomic E-state index is 12.4. The van der Waals surface area contributed by atoms with Crippen LogP contribution in [0, 0.1) is 6.92 Å². The van der Waals surface area contributed by atoms with Gasteiger partial charge in [0.2, 0.25) is 17.7 Å². The van der Waals surface area contributed by atoms with Crippen LogP contribution in [0.2, 0.25) is 0 Å². The fourth-order valence-corrected chi connectivity index (χ4v) is 2.73. The number of nitrogens with zero attached hydrogens (tertiary/aromatic N) is 1. The van der Waals surface area contributed by atoms with Crippen LogP contribution in [0.5, 0.6) is 5.75 Å². The molecular weight excluding hydrogens is 358 g/mol. The quantitative estimate of drug-likeness (QED) is 0.679. The van der Waals surface area contributed by atoms with Crippen molar-refractivity contribution in [3.8, 4) is 17.2 Å². The maximum Gasteiger partial charge on any atom is 0.230 e. The van der Waals surface area contributed by atoms with Crippen LogP contribution in [0.25, 0.3) is 11.5 Å². The summed E-state index contributed by atoms with van der Waals surface area (Å²) in [5.74, 6) is 1.29. The topological polar surface area (TPSA) is 93.5 Å². The summed E-state index contributed by atoms with van der Waals surface area (Å²) in [4.78, 5) is 27.9. The molecule has 0 atom stereocenters. The Kier molecular flexibility index (Phi) is 5.74. The zero-order valence-electron chi connectivity index (χ0n) is 15.9. The van der Waals surface area contributed by atoms with Crippen LogP contribution >= 0.6 is 0 Å². The van der Waals surface area contributed by atoms with E-state index in [-0.39, 0.29) is 18.2 Å². The summed E-state index contributed by atoms with van der Waals surface area (Å²) in [5.41, 5.74) is 2.59. The Balaban J connectivity index is 1.69. The lowest BCUT2D eigenvalue weighted by molar-refractivity contribution is -0.116. The van der Waals surface area contributed by atoms with E-state index in [9.17, 15) is 9.59 Å². The summed E-state index contributed by atoms with van der Waals surface area (Å²) in [6, 6.07) is 14.3. The largest absolute Gasteiger partial charge is 0.496 e. The highest BCUT2D eigenvalue weighted by molar-refractivity contribution is 5.93. The summed E-state index contributed by atoms with van der Waals surface area (Å²) >= 11 is 0. The number of amides is 2. The van der Waals surface area contributed by atoms with Crippen LogP contribution in [-0.4, -0.2) is 23.9 Å². The van der Waals surface area contributed by atoms with E-state index >= 15 is 0 Å². The molecule has 0 saturated heterocycles. The minimum Gasteiger partial charge on any atom is -0.496 e. The average molecular weight is 379 g/mol. The maximum atomic E-state index is 12.4. The summed E-state index contributed by atoms with van der Waals surface area (Å²) in [6.45, 7) is 3.21. The fraction of sp³-hybridized carbons (Fsp3) is 0.190. The van der Waals surface area contributed by atoms with Crippen LogP contribution in [0.15, 0.2) is 52.9 Å². The fourth-order valence-electron chi connectivity index (χ4n) is 2.73. The molecule has 0 radical (unpaired) electrons. The molecule has 0 aliphatic heterocycles. The van der Waals surface area contributed by atoms with Gasteiger partial charge in [-0.1, -0.05) is 12.1 Å². The molecule has 0 aliphatic rings. The predicted octanol–water partition coefficient (Wildman–Crippen LogP) is 3.80. The van der Waals surface area contributed by atoms with E-state index in [1.54, 1.807) is 38.3 Å². The van der Waals surface area contributed by atoms with E-state index in [1.165, 1.54) is 6.92 Å². The highest BCUT2D eigenvalue weighted by Gasteiger charge is 2.17. The van der Waals surface area contributed by atoms with Gasteiger partial charge >= 0.3 is 0 Å². The Bertz CT molecular complexity index is 993. The highest BCUT2D eigenvalue weighted by atomic mass is 16.5. The number of methoxy groups -OCH3 is 1. The number of hydrogen-bond donors (Lipinski definition) is 2. The number of ether oxygens (including phenoxy) is 1. The van der Waals surface area contributed by atoms with E-state index in [0.717, 1.165) is 5.56 Å². The first-order valence-corrected chi connectivity index (χ1v) is 8.73. The van der Waals surface area contributed by atoms with Crippen molar-refractivity contribution in [1.29, 1.82) is 0 Å². The Labute approximate surface area is 162 Å². The van der Waals surface area contributed by atoms with Crippen LogP contribution in [0.4, 0.5) is 11.4 Å². The molecule has 2 aromatic carbocycles. The second kappa shape index (κ2) is 8.39. The number of para-hydroxylation sites is 1. The van der Waals surface area contributed by atoms with Crippen LogP contribution in [-0.2, 0) is 16.0 Å². The van der Waals surface area contributed by atoms with E-state index in [0.29, 0.717) is 34.5 Å². The number of rotatable bonds is 6. The monoisotopic (exact) mass is 379 g/mol. The van der Waals surface area contributed by atoms with E-state index < -0.39 is 0 Å². The van der Waals surface area contributed by atoms with Gasteiger partial charge in [-0.2, -0.15) is 0 Å². The number of carbonyl (C=O) groups excluding carboxylic acids is 2. The smallest absolute Gasteiger partial charge is 0.230 e. The molecule has 3 aromatic rings. The number of carbonyl (C=O) groups is 2. The molecule has 28 heavy (non-hydrogen) atoms. The molecule has 7 nitrogen and oxygen atoms in total. The second-order valence-corrected chi connectivity index (χ2v) is 6.21.